The molecular formula is C15H19F2O7S-. The van der Waals surface area contributed by atoms with Crippen LogP contribution in [0.2, 0.25) is 0 Å². The third-order valence-corrected chi connectivity index (χ3v) is 6.47. The lowest BCUT2D eigenvalue weighted by atomic mass is 9.49. The summed E-state index contributed by atoms with van der Waals surface area (Å²) in [4.78, 5) is 22.7. The molecule has 0 aromatic carbocycles. The molecule has 0 aromatic rings. The molecule has 4 saturated carbocycles. The van der Waals surface area contributed by atoms with Gasteiger partial charge >= 0.3 is 17.2 Å². The fraction of sp³-hybridized carbons (Fsp3) is 0.867. The number of rotatable bonds is 5. The Hall–Kier alpha value is -1.29. The molecule has 4 aliphatic carbocycles. The first-order chi connectivity index (χ1) is 11.4. The Kier molecular flexibility index (Phi) is 4.34. The first kappa shape index (κ1) is 18.5. The Bertz CT molecular complexity index is 674. The zero-order valence-corrected chi connectivity index (χ0v) is 14.4. The van der Waals surface area contributed by atoms with Gasteiger partial charge in [-0.3, -0.25) is 4.79 Å². The summed E-state index contributed by atoms with van der Waals surface area (Å²) in [6.45, 7) is 0.987. The summed E-state index contributed by atoms with van der Waals surface area (Å²) in [5, 5.41) is -5.09. The monoisotopic (exact) mass is 381 g/mol. The maximum atomic E-state index is 13.3. The van der Waals surface area contributed by atoms with E-state index in [2.05, 4.69) is 4.74 Å². The van der Waals surface area contributed by atoms with Crippen molar-refractivity contribution in [2.75, 3.05) is 6.61 Å². The van der Waals surface area contributed by atoms with E-state index in [1.807, 2.05) is 0 Å². The number of alkyl halides is 2. The number of carbonyl (C=O) groups excluding carboxylic acids is 2. The van der Waals surface area contributed by atoms with Gasteiger partial charge in [-0.2, -0.15) is 8.78 Å². The van der Waals surface area contributed by atoms with Crippen LogP contribution in [0.25, 0.3) is 0 Å². The van der Waals surface area contributed by atoms with Crippen LogP contribution in [0.5, 0.6) is 0 Å². The fourth-order valence-corrected chi connectivity index (χ4v) is 5.37. The predicted octanol–water partition coefficient (Wildman–Crippen LogP) is 1.43. The summed E-state index contributed by atoms with van der Waals surface area (Å²) >= 11 is 0. The van der Waals surface area contributed by atoms with Crippen LogP contribution >= 0.6 is 0 Å². The van der Waals surface area contributed by atoms with E-state index in [0.29, 0.717) is 25.2 Å². The van der Waals surface area contributed by atoms with Gasteiger partial charge in [-0.25, -0.2) is 13.2 Å². The number of carbonyl (C=O) groups is 2. The van der Waals surface area contributed by atoms with Gasteiger partial charge in [0.1, 0.15) is 6.10 Å². The number of ether oxygens (including phenoxy) is 2. The van der Waals surface area contributed by atoms with Gasteiger partial charge in [-0.15, -0.1) is 0 Å². The van der Waals surface area contributed by atoms with Crippen molar-refractivity contribution in [3.63, 3.8) is 0 Å². The minimum Gasteiger partial charge on any atom is -0.743 e. The van der Waals surface area contributed by atoms with Crippen LogP contribution in [0.3, 0.4) is 0 Å². The van der Waals surface area contributed by atoms with E-state index in [0.717, 1.165) is 12.8 Å². The van der Waals surface area contributed by atoms with E-state index in [4.69, 9.17) is 4.74 Å². The molecule has 4 fully saturated rings. The third kappa shape index (κ3) is 3.25. The molecule has 142 valence electrons. The summed E-state index contributed by atoms with van der Waals surface area (Å²) in [6.07, 6.45) is 3.34. The highest BCUT2D eigenvalue weighted by Crippen LogP contribution is 2.60. The van der Waals surface area contributed by atoms with Gasteiger partial charge in [0.2, 0.25) is 0 Å². The molecule has 4 bridgehead atoms. The molecule has 0 spiro atoms. The first-order valence-electron chi connectivity index (χ1n) is 8.11. The maximum Gasteiger partial charge on any atom is 0.428 e. The normalized spacial score (nSPS) is 37.0. The summed E-state index contributed by atoms with van der Waals surface area (Å²) in [7, 11) is -6.12. The van der Waals surface area contributed by atoms with Gasteiger partial charge in [-0.05, 0) is 49.9 Å². The van der Waals surface area contributed by atoms with E-state index in [9.17, 15) is 31.3 Å². The quantitative estimate of drug-likeness (QED) is 0.523. The van der Waals surface area contributed by atoms with Gasteiger partial charge in [0.15, 0.2) is 10.1 Å². The molecule has 10 heteroatoms. The Morgan fingerprint density at radius 1 is 1.20 bits per heavy atom. The van der Waals surface area contributed by atoms with Gasteiger partial charge in [0.05, 0.1) is 6.61 Å². The summed E-state index contributed by atoms with van der Waals surface area (Å²) in [5.74, 6) is -2.19. The number of hydrogen-bond donors (Lipinski definition) is 0. The minimum atomic E-state index is -6.12. The Morgan fingerprint density at radius 3 is 2.24 bits per heavy atom. The average Bonchev–Trinajstić information content (AvgIpc) is 2.46. The molecular weight excluding hydrogens is 362 g/mol. The molecule has 0 saturated heterocycles. The molecule has 4 rings (SSSR count). The van der Waals surface area contributed by atoms with Gasteiger partial charge in [0.25, 0.3) is 0 Å². The van der Waals surface area contributed by atoms with Crippen molar-refractivity contribution < 1.29 is 40.8 Å². The van der Waals surface area contributed by atoms with Crippen molar-refractivity contribution in [3.8, 4) is 0 Å². The molecule has 4 aliphatic rings. The van der Waals surface area contributed by atoms with Crippen LogP contribution in [0.1, 0.15) is 39.0 Å². The lowest BCUT2D eigenvalue weighted by molar-refractivity contribution is -0.192. The maximum absolute atomic E-state index is 13.3. The minimum absolute atomic E-state index is 0.0811. The first-order valence-corrected chi connectivity index (χ1v) is 9.52. The number of esters is 2. The summed E-state index contributed by atoms with van der Waals surface area (Å²) < 4.78 is 68.0. The molecule has 0 radical (unpaired) electrons. The molecule has 25 heavy (non-hydrogen) atoms. The van der Waals surface area contributed by atoms with Crippen LogP contribution in [0, 0.1) is 23.2 Å². The molecule has 0 amide bonds. The summed E-state index contributed by atoms with van der Waals surface area (Å²) in [6, 6.07) is 0. The second-order valence-electron chi connectivity index (χ2n) is 7.59. The van der Waals surface area contributed by atoms with Crippen molar-refractivity contribution in [1.29, 1.82) is 0 Å². The average molecular weight is 381 g/mol. The van der Waals surface area contributed by atoms with Crippen molar-refractivity contribution in [3.05, 3.63) is 0 Å². The Morgan fingerprint density at radius 2 is 1.76 bits per heavy atom. The molecule has 0 aromatic heterocycles. The molecule has 0 heterocycles. The number of hydrogen-bond acceptors (Lipinski definition) is 7. The van der Waals surface area contributed by atoms with Crippen molar-refractivity contribution in [2.24, 2.45) is 23.2 Å². The third-order valence-electron chi connectivity index (χ3n) is 5.68. The predicted molar refractivity (Wildman–Crippen MR) is 77.1 cm³/mol. The van der Waals surface area contributed by atoms with Crippen LogP contribution in [-0.2, 0) is 29.2 Å². The van der Waals surface area contributed by atoms with Gasteiger partial charge < -0.3 is 14.0 Å². The molecule has 0 N–H and O–H groups in total. The zero-order chi connectivity index (χ0) is 18.6. The lowest BCUT2D eigenvalue weighted by Crippen LogP contribution is -2.56. The van der Waals surface area contributed by atoms with Gasteiger partial charge in [-0.1, -0.05) is 0 Å². The van der Waals surface area contributed by atoms with Crippen LogP contribution in [0.15, 0.2) is 0 Å². The molecule has 2 unspecified atom stereocenters. The van der Waals surface area contributed by atoms with Gasteiger partial charge in [0, 0.05) is 12.3 Å². The Labute approximate surface area is 143 Å². The van der Waals surface area contributed by atoms with E-state index in [-0.39, 0.29) is 30.5 Å². The fourth-order valence-electron chi connectivity index (χ4n) is 5.11. The molecule has 7 nitrogen and oxygen atoms in total. The van der Waals surface area contributed by atoms with Crippen molar-refractivity contribution in [1.82, 2.24) is 0 Å². The van der Waals surface area contributed by atoms with E-state index in [1.165, 1.54) is 6.92 Å². The number of halogens is 2. The Balaban J connectivity index is 1.69. The standard InChI is InChI=1S/C15H20F2O7S/c1-8(18)24-12-10-2-9-3-11(12)6-14(4-9,5-10)7-23-13(19)15(16,17)25(20,21)22/h9-12H,2-7H2,1H3,(H,20,21,22)/p-1. The second-order valence-corrected chi connectivity index (χ2v) is 9.01. The van der Waals surface area contributed by atoms with Crippen LogP contribution < -0.4 is 0 Å². The molecule has 0 aliphatic heterocycles. The van der Waals surface area contributed by atoms with E-state index >= 15 is 0 Å². The van der Waals surface area contributed by atoms with Crippen LogP contribution in [0.4, 0.5) is 8.78 Å². The second kappa shape index (κ2) is 5.87. The van der Waals surface area contributed by atoms with E-state index < -0.39 is 26.8 Å². The highest BCUT2D eigenvalue weighted by Gasteiger charge is 2.58. The van der Waals surface area contributed by atoms with E-state index in [1.54, 1.807) is 0 Å². The zero-order valence-electron chi connectivity index (χ0n) is 13.6. The molecule has 2 atom stereocenters. The van der Waals surface area contributed by atoms with Crippen molar-refractivity contribution >= 4 is 22.1 Å². The largest absolute Gasteiger partial charge is 0.743 e. The van der Waals surface area contributed by atoms with Crippen LogP contribution in [-0.4, -0.2) is 42.9 Å². The SMILES string of the molecule is CC(=O)OC1C2CC3CC1CC(COC(=O)C(F)(F)S(=O)(=O)[O-])(C3)C2. The lowest BCUT2D eigenvalue weighted by Gasteiger charge is -2.59. The summed E-state index contributed by atoms with van der Waals surface area (Å²) in [5.41, 5.74) is -0.522. The smallest absolute Gasteiger partial charge is 0.428 e. The highest BCUT2D eigenvalue weighted by molar-refractivity contribution is 7.87. The van der Waals surface area contributed by atoms with Crippen molar-refractivity contribution in [2.45, 2.75) is 50.4 Å². The topological polar surface area (TPSA) is 110 Å². The highest BCUT2D eigenvalue weighted by atomic mass is 32.2.